The second-order valence-electron chi connectivity index (χ2n) is 7.53. The van der Waals surface area contributed by atoms with Gasteiger partial charge in [-0.2, -0.15) is 0 Å². The second-order valence-corrected chi connectivity index (χ2v) is 7.53. The van der Waals surface area contributed by atoms with Crippen LogP contribution in [-0.4, -0.2) is 18.2 Å². The van der Waals surface area contributed by atoms with Gasteiger partial charge < -0.3 is 11.1 Å². The summed E-state index contributed by atoms with van der Waals surface area (Å²) in [6.45, 7) is 5.17. The van der Waals surface area contributed by atoms with Crippen LogP contribution in [0.4, 0.5) is 0 Å². The fourth-order valence-corrected chi connectivity index (χ4v) is 3.77. The Hall–Kier alpha value is -3.24. The first-order valence-electron chi connectivity index (χ1n) is 9.87. The van der Waals surface area contributed by atoms with Crippen molar-refractivity contribution in [3.05, 3.63) is 94.5 Å². The molecule has 0 aromatic heterocycles. The van der Waals surface area contributed by atoms with Crippen molar-refractivity contribution in [2.75, 3.05) is 6.54 Å². The van der Waals surface area contributed by atoms with Gasteiger partial charge in [0.25, 0.3) is 5.91 Å². The third-order valence-corrected chi connectivity index (χ3v) is 5.43. The van der Waals surface area contributed by atoms with Crippen molar-refractivity contribution < 1.29 is 4.79 Å². The number of carbonyl (C=O) groups is 1. The predicted molar refractivity (Wildman–Crippen MR) is 118 cm³/mol. The maximum Gasteiger partial charge on any atom is 0.251 e. The van der Waals surface area contributed by atoms with E-state index in [1.165, 1.54) is 11.1 Å². The molecule has 3 N–H and O–H groups in total. The number of hydrogen-bond acceptors (Lipinski definition) is 3. The Morgan fingerprint density at radius 2 is 1.83 bits per heavy atom. The molecule has 4 nitrogen and oxygen atoms in total. The van der Waals surface area contributed by atoms with E-state index in [0.717, 1.165) is 34.5 Å². The van der Waals surface area contributed by atoms with E-state index in [0.29, 0.717) is 12.1 Å². The molecule has 0 aliphatic carbocycles. The number of fused-ring (bicyclic) bond motifs is 1. The summed E-state index contributed by atoms with van der Waals surface area (Å²) in [7, 11) is 0. The van der Waals surface area contributed by atoms with Crippen LogP contribution >= 0.6 is 0 Å². The average Bonchev–Trinajstić information content (AvgIpc) is 3.12. The van der Waals surface area contributed by atoms with Crippen LogP contribution in [0.5, 0.6) is 0 Å². The van der Waals surface area contributed by atoms with Crippen LogP contribution in [-0.2, 0) is 6.54 Å². The lowest BCUT2D eigenvalue weighted by Gasteiger charge is -2.18. The highest BCUT2D eigenvalue weighted by Gasteiger charge is 2.16. The van der Waals surface area contributed by atoms with Gasteiger partial charge in [-0.05, 0) is 54.3 Å². The number of nitrogens with two attached hydrogens (primary N) is 1. The van der Waals surface area contributed by atoms with Gasteiger partial charge in [0.05, 0.1) is 12.6 Å². The molecule has 0 fully saturated rings. The summed E-state index contributed by atoms with van der Waals surface area (Å²) in [6.07, 6.45) is 0. The minimum absolute atomic E-state index is 0.122. The molecule has 1 atom stereocenters. The highest BCUT2D eigenvalue weighted by molar-refractivity contribution is 6.03. The minimum atomic E-state index is -0.218. The number of amides is 1. The molecular formula is C25H25N3O. The van der Waals surface area contributed by atoms with Crippen LogP contribution < -0.4 is 11.1 Å². The van der Waals surface area contributed by atoms with E-state index < -0.39 is 0 Å². The van der Waals surface area contributed by atoms with Crippen molar-refractivity contribution in [3.8, 4) is 11.1 Å². The molecule has 1 aliphatic rings. The SMILES string of the molecule is CC1=NCc2ccc(-c3cccc(C(=O)N[C@H](CN)c4cccc(C)c4)c3)cc21. The summed E-state index contributed by atoms with van der Waals surface area (Å²) < 4.78 is 0. The van der Waals surface area contributed by atoms with E-state index in [-0.39, 0.29) is 11.9 Å². The molecule has 1 heterocycles. The maximum absolute atomic E-state index is 12.9. The fourth-order valence-electron chi connectivity index (χ4n) is 3.77. The summed E-state index contributed by atoms with van der Waals surface area (Å²) in [5.74, 6) is -0.122. The number of aliphatic imine (C=N–C) groups is 1. The van der Waals surface area contributed by atoms with E-state index >= 15 is 0 Å². The molecular weight excluding hydrogens is 358 g/mol. The van der Waals surface area contributed by atoms with Gasteiger partial charge in [0.15, 0.2) is 0 Å². The van der Waals surface area contributed by atoms with Crippen LogP contribution in [0, 0.1) is 6.92 Å². The van der Waals surface area contributed by atoms with Gasteiger partial charge >= 0.3 is 0 Å². The monoisotopic (exact) mass is 383 g/mol. The Morgan fingerprint density at radius 3 is 2.62 bits per heavy atom. The summed E-state index contributed by atoms with van der Waals surface area (Å²) in [5, 5.41) is 3.07. The molecule has 0 bridgehead atoms. The van der Waals surface area contributed by atoms with E-state index in [2.05, 4.69) is 34.6 Å². The van der Waals surface area contributed by atoms with E-state index in [4.69, 9.17) is 5.73 Å². The van der Waals surface area contributed by atoms with E-state index in [9.17, 15) is 4.79 Å². The predicted octanol–water partition coefficient (Wildman–Crippen LogP) is 4.41. The van der Waals surface area contributed by atoms with Crippen LogP contribution in [0.15, 0.2) is 71.7 Å². The Kier molecular flexibility index (Phi) is 5.28. The Balaban J connectivity index is 1.58. The first-order chi connectivity index (χ1) is 14.0. The highest BCUT2D eigenvalue weighted by atomic mass is 16.1. The normalized spacial score (nSPS) is 13.6. The molecule has 1 amide bonds. The number of hydrogen-bond donors (Lipinski definition) is 2. The third kappa shape index (κ3) is 3.98. The van der Waals surface area contributed by atoms with Crippen molar-refractivity contribution in [1.82, 2.24) is 5.32 Å². The van der Waals surface area contributed by atoms with Crippen molar-refractivity contribution in [2.45, 2.75) is 26.4 Å². The standard InChI is InChI=1S/C25H25N3O/c1-16-5-3-7-20(11-16)24(14-26)28-25(29)21-8-4-6-18(12-21)19-9-10-22-15-27-17(2)23(22)13-19/h3-13,24H,14-15,26H2,1-2H3,(H,28,29)/t24-/m1/s1. The molecule has 0 unspecified atom stereocenters. The fraction of sp³-hybridized carbons (Fsp3) is 0.200. The number of benzene rings is 3. The zero-order chi connectivity index (χ0) is 20.4. The number of nitrogens with one attached hydrogen (secondary N) is 1. The molecule has 3 aromatic carbocycles. The van der Waals surface area contributed by atoms with Crippen molar-refractivity contribution in [2.24, 2.45) is 10.7 Å². The molecule has 29 heavy (non-hydrogen) atoms. The second kappa shape index (κ2) is 8.02. The summed E-state index contributed by atoms with van der Waals surface area (Å²) >= 11 is 0. The molecule has 1 aliphatic heterocycles. The molecule has 0 spiro atoms. The number of aryl methyl sites for hydroxylation is 1. The van der Waals surface area contributed by atoms with Crippen molar-refractivity contribution in [1.29, 1.82) is 0 Å². The van der Waals surface area contributed by atoms with Gasteiger partial charge in [-0.3, -0.25) is 9.79 Å². The molecule has 3 aromatic rings. The van der Waals surface area contributed by atoms with Gasteiger partial charge in [0.1, 0.15) is 0 Å². The van der Waals surface area contributed by atoms with Gasteiger partial charge in [-0.15, -0.1) is 0 Å². The van der Waals surface area contributed by atoms with Crippen LogP contribution in [0.25, 0.3) is 11.1 Å². The smallest absolute Gasteiger partial charge is 0.251 e. The Labute approximate surface area is 171 Å². The number of nitrogens with zero attached hydrogens (tertiary/aromatic N) is 1. The molecule has 146 valence electrons. The Morgan fingerprint density at radius 1 is 1.03 bits per heavy atom. The summed E-state index contributed by atoms with van der Waals surface area (Å²) in [5.41, 5.74) is 14.3. The first kappa shape index (κ1) is 19.1. The van der Waals surface area contributed by atoms with E-state index in [1.54, 1.807) is 0 Å². The largest absolute Gasteiger partial charge is 0.344 e. The third-order valence-electron chi connectivity index (χ3n) is 5.43. The highest BCUT2D eigenvalue weighted by Crippen LogP contribution is 2.27. The van der Waals surface area contributed by atoms with Gasteiger partial charge in [0.2, 0.25) is 0 Å². The van der Waals surface area contributed by atoms with Gasteiger partial charge in [-0.1, -0.05) is 54.1 Å². The lowest BCUT2D eigenvalue weighted by molar-refractivity contribution is 0.0938. The minimum Gasteiger partial charge on any atom is -0.344 e. The maximum atomic E-state index is 12.9. The summed E-state index contributed by atoms with van der Waals surface area (Å²) in [6, 6.07) is 22.0. The van der Waals surface area contributed by atoms with Crippen molar-refractivity contribution >= 4 is 11.6 Å². The first-order valence-corrected chi connectivity index (χ1v) is 9.87. The average molecular weight is 383 g/mol. The topological polar surface area (TPSA) is 67.5 Å². The van der Waals surface area contributed by atoms with E-state index in [1.807, 2.05) is 56.3 Å². The lowest BCUT2D eigenvalue weighted by atomic mass is 9.97. The number of carbonyl (C=O) groups excluding carboxylic acids is 1. The van der Waals surface area contributed by atoms with Gasteiger partial charge in [0, 0.05) is 23.4 Å². The zero-order valence-corrected chi connectivity index (χ0v) is 16.8. The summed E-state index contributed by atoms with van der Waals surface area (Å²) in [4.78, 5) is 17.4. The van der Waals surface area contributed by atoms with Crippen molar-refractivity contribution in [3.63, 3.8) is 0 Å². The van der Waals surface area contributed by atoms with Crippen LogP contribution in [0.1, 0.15) is 45.6 Å². The molecule has 0 saturated carbocycles. The molecule has 4 heteroatoms. The van der Waals surface area contributed by atoms with Gasteiger partial charge in [-0.25, -0.2) is 0 Å². The number of rotatable bonds is 5. The quantitative estimate of drug-likeness (QED) is 0.685. The molecule has 4 rings (SSSR count). The molecule has 0 saturated heterocycles. The van der Waals surface area contributed by atoms with Crippen LogP contribution in [0.3, 0.4) is 0 Å². The Bertz CT molecular complexity index is 1100. The molecule has 0 radical (unpaired) electrons. The lowest BCUT2D eigenvalue weighted by Crippen LogP contribution is -2.33. The zero-order valence-electron chi connectivity index (χ0n) is 16.8. The van der Waals surface area contributed by atoms with Crippen LogP contribution in [0.2, 0.25) is 0 Å².